The molecule has 0 aliphatic heterocycles. The van der Waals surface area contributed by atoms with Crippen molar-refractivity contribution in [3.05, 3.63) is 59.7 Å². The summed E-state index contributed by atoms with van der Waals surface area (Å²) in [5.41, 5.74) is -1.71. The summed E-state index contributed by atoms with van der Waals surface area (Å²) >= 11 is 0. The molecule has 0 unspecified atom stereocenters. The summed E-state index contributed by atoms with van der Waals surface area (Å²) in [6.07, 6.45) is 2.20. The zero-order valence-electron chi connectivity index (χ0n) is 34.2. The van der Waals surface area contributed by atoms with Gasteiger partial charge in [0.25, 0.3) is 0 Å². The summed E-state index contributed by atoms with van der Waals surface area (Å²) in [5, 5.41) is 19.3. The molecule has 0 fully saturated rings. The minimum absolute atomic E-state index is 0. The van der Waals surface area contributed by atoms with Gasteiger partial charge in [-0.2, -0.15) is 0 Å². The van der Waals surface area contributed by atoms with E-state index in [1.54, 1.807) is 48.5 Å². The molecule has 2 N–H and O–H groups in total. The Kier molecular flexibility index (Phi) is 27.8. The van der Waals surface area contributed by atoms with Crippen LogP contribution in [0, 0.1) is 0 Å². The van der Waals surface area contributed by atoms with Crippen molar-refractivity contribution < 1.29 is 38.1 Å². The van der Waals surface area contributed by atoms with Gasteiger partial charge in [0, 0.05) is 27.0 Å². The van der Waals surface area contributed by atoms with Gasteiger partial charge in [0.15, 0.2) is 28.2 Å². The second-order valence-corrected chi connectivity index (χ2v) is 27.4. The van der Waals surface area contributed by atoms with Crippen LogP contribution in [-0.4, -0.2) is 85.3 Å². The third-order valence-corrected chi connectivity index (χ3v) is 14.7. The molecule has 0 radical (unpaired) electrons. The molecule has 2 rings (SSSR count). The molecule has 11 heteroatoms. The first-order valence-corrected chi connectivity index (χ1v) is 27.5. The number of hydrogen-bond donors (Lipinski definition) is 2. The summed E-state index contributed by atoms with van der Waals surface area (Å²) in [5.74, 6) is 0.860. The van der Waals surface area contributed by atoms with Crippen LogP contribution >= 0.6 is 0 Å². The van der Waals surface area contributed by atoms with Crippen molar-refractivity contribution in [2.45, 2.75) is 144 Å². The van der Waals surface area contributed by atoms with Gasteiger partial charge in [-0.15, -0.1) is 0 Å². The Labute approximate surface area is 316 Å². The smallest absolute Gasteiger partial charge is 0.193 e. The Morgan fingerprint density at radius 1 is 0.686 bits per heavy atom. The second-order valence-electron chi connectivity index (χ2n) is 15.1. The van der Waals surface area contributed by atoms with E-state index in [0.29, 0.717) is 36.7 Å². The molecule has 0 aliphatic rings. The standard InChI is InChI=1S/C16H26O4Si.C13H18O3.C7H20OSi2.C3H8.CH4/c1-6-21(4,5)20-12-11-19-14-9-7-13(8-10-14)15(17)16(2,3)18;1-4-9-16-11-7-5-10(6-8-11)12(14)13(2,3)15;1-8-10(4,5)7-6-9(2)3;1-3-2;/h7-10,18H,6,11-12H2,1-5H3;5-8,15H,4,9H2,1-3H3;9H,6-7H2,1-5H3;3H2,1-2H3;1H4. The van der Waals surface area contributed by atoms with Crippen molar-refractivity contribution in [3.63, 3.8) is 0 Å². The average Bonchev–Trinajstić information content (AvgIpc) is 3.05. The molecule has 0 saturated carbocycles. The lowest BCUT2D eigenvalue weighted by Crippen LogP contribution is -2.31. The van der Waals surface area contributed by atoms with Crippen molar-refractivity contribution in [1.29, 1.82) is 0 Å². The SMILES string of the molecule is C.CCC.CCCOc1ccc(C(=O)C(C)(C)O)cc1.CC[Si](C)(C)OCCOc1ccc(C(=O)C(C)(C)O)cc1.CO[Si](C)(C)CC[SiH](C)C. The summed E-state index contributed by atoms with van der Waals surface area (Å²) in [6, 6.07) is 17.5. The molecule has 0 spiro atoms. The number of carbonyl (C=O) groups excluding carboxylic acids is 2. The summed E-state index contributed by atoms with van der Waals surface area (Å²) in [6.45, 7) is 29.9. The van der Waals surface area contributed by atoms with Crippen LogP contribution in [-0.2, 0) is 8.85 Å². The molecule has 8 nitrogen and oxygen atoms in total. The number of aliphatic hydroxyl groups is 2. The Hall–Kier alpha value is -2.13. The van der Waals surface area contributed by atoms with Crippen LogP contribution in [0.25, 0.3) is 0 Å². The highest BCUT2D eigenvalue weighted by Crippen LogP contribution is 2.19. The molecular weight excluding hydrogens is 693 g/mol. The second kappa shape index (κ2) is 26.6. The van der Waals surface area contributed by atoms with Crippen LogP contribution in [0.1, 0.15) is 96.4 Å². The first-order chi connectivity index (χ1) is 23.0. The number of rotatable bonds is 17. The van der Waals surface area contributed by atoms with Crippen LogP contribution in [0.15, 0.2) is 48.5 Å². The zero-order chi connectivity index (χ0) is 39.2. The Bertz CT molecular complexity index is 1180. The van der Waals surface area contributed by atoms with Gasteiger partial charge in [-0.1, -0.05) is 60.7 Å². The van der Waals surface area contributed by atoms with E-state index < -0.39 is 27.8 Å². The highest BCUT2D eigenvalue weighted by molar-refractivity contribution is 6.73. The fourth-order valence-electron chi connectivity index (χ4n) is 3.65. The Morgan fingerprint density at radius 3 is 1.35 bits per heavy atom. The molecule has 0 aromatic heterocycles. The molecule has 51 heavy (non-hydrogen) atoms. The molecule has 0 bridgehead atoms. The van der Waals surface area contributed by atoms with E-state index in [9.17, 15) is 19.8 Å². The normalized spacial score (nSPS) is 11.4. The largest absolute Gasteiger partial charge is 0.494 e. The van der Waals surface area contributed by atoms with Crippen LogP contribution in [0.4, 0.5) is 0 Å². The number of ether oxygens (including phenoxy) is 2. The number of benzene rings is 2. The van der Waals surface area contributed by atoms with E-state index >= 15 is 0 Å². The van der Waals surface area contributed by atoms with E-state index in [1.165, 1.54) is 46.2 Å². The average molecular weight is 769 g/mol. The van der Waals surface area contributed by atoms with Crippen molar-refractivity contribution in [3.8, 4) is 11.5 Å². The molecular formula is C40H76O8Si3. The van der Waals surface area contributed by atoms with E-state index in [2.05, 4.69) is 60.1 Å². The molecule has 0 heterocycles. The van der Waals surface area contributed by atoms with Crippen LogP contribution in [0.2, 0.25) is 57.4 Å². The van der Waals surface area contributed by atoms with Crippen molar-refractivity contribution in [2.75, 3.05) is 26.9 Å². The maximum Gasteiger partial charge on any atom is 0.193 e. The van der Waals surface area contributed by atoms with E-state index in [-0.39, 0.29) is 27.8 Å². The zero-order valence-corrected chi connectivity index (χ0v) is 37.4. The molecule has 0 aliphatic carbocycles. The molecule has 2 aromatic rings. The number of carbonyl (C=O) groups is 2. The Balaban J connectivity index is -0.000000681. The van der Waals surface area contributed by atoms with E-state index in [1.807, 2.05) is 14.0 Å². The van der Waals surface area contributed by atoms with Gasteiger partial charge in [0.1, 0.15) is 29.3 Å². The van der Waals surface area contributed by atoms with Crippen molar-refractivity contribution in [1.82, 2.24) is 0 Å². The highest BCUT2D eigenvalue weighted by atomic mass is 28.4. The van der Waals surface area contributed by atoms with Crippen molar-refractivity contribution in [2.24, 2.45) is 0 Å². The van der Waals surface area contributed by atoms with Gasteiger partial charge >= 0.3 is 0 Å². The van der Waals surface area contributed by atoms with Gasteiger partial charge in [-0.3, -0.25) is 9.59 Å². The minimum Gasteiger partial charge on any atom is -0.494 e. The lowest BCUT2D eigenvalue weighted by atomic mass is 9.97. The first kappa shape index (κ1) is 53.2. The molecule has 296 valence electrons. The summed E-state index contributed by atoms with van der Waals surface area (Å²) < 4.78 is 22.3. The fourth-order valence-corrected chi connectivity index (χ4v) is 9.78. The summed E-state index contributed by atoms with van der Waals surface area (Å²) in [4.78, 5) is 23.6. The molecule has 0 atom stereocenters. The quantitative estimate of drug-likeness (QED) is 0.0930. The molecule has 0 amide bonds. The minimum atomic E-state index is -1.51. The fraction of sp³-hybridized carbons (Fsp3) is 0.650. The Morgan fingerprint density at radius 2 is 1.06 bits per heavy atom. The predicted octanol–water partition coefficient (Wildman–Crippen LogP) is 10.1. The topological polar surface area (TPSA) is 112 Å². The number of ketones is 2. The van der Waals surface area contributed by atoms with Gasteiger partial charge in [-0.05, 0) is 121 Å². The lowest BCUT2D eigenvalue weighted by molar-refractivity contribution is 0.0487. The van der Waals surface area contributed by atoms with Gasteiger partial charge in [0.05, 0.1) is 13.2 Å². The molecule has 2 aromatic carbocycles. The lowest BCUT2D eigenvalue weighted by Gasteiger charge is -2.20. The van der Waals surface area contributed by atoms with Crippen LogP contribution in [0.3, 0.4) is 0 Å². The van der Waals surface area contributed by atoms with Crippen LogP contribution < -0.4 is 9.47 Å². The van der Waals surface area contributed by atoms with Crippen LogP contribution in [0.5, 0.6) is 11.5 Å². The third-order valence-electron chi connectivity index (χ3n) is 7.39. The van der Waals surface area contributed by atoms with Gasteiger partial charge in [-0.25, -0.2) is 0 Å². The highest BCUT2D eigenvalue weighted by Gasteiger charge is 2.26. The third kappa shape index (κ3) is 26.3. The number of hydrogen-bond acceptors (Lipinski definition) is 8. The first-order valence-electron chi connectivity index (χ1n) is 18.2. The van der Waals surface area contributed by atoms with E-state index in [0.717, 1.165) is 18.2 Å². The predicted molar refractivity (Wildman–Crippen MR) is 225 cm³/mol. The van der Waals surface area contributed by atoms with Gasteiger partial charge < -0.3 is 28.5 Å². The summed E-state index contributed by atoms with van der Waals surface area (Å²) in [7, 11) is -1.19. The van der Waals surface area contributed by atoms with Gasteiger partial charge in [0.2, 0.25) is 0 Å². The maximum absolute atomic E-state index is 11.9. The monoisotopic (exact) mass is 768 g/mol. The van der Waals surface area contributed by atoms with Crippen molar-refractivity contribution >= 4 is 37.0 Å². The maximum atomic E-state index is 11.9. The van der Waals surface area contributed by atoms with E-state index in [4.69, 9.17) is 18.3 Å². The number of Topliss-reactive ketones (excluding diaryl/α,β-unsaturated/α-hetero) is 2. The molecule has 0 saturated heterocycles.